The average molecular weight is 832 g/mol. The lowest BCUT2D eigenvalue weighted by atomic mass is 9.92. The molecule has 1 N–H and O–H groups in total. The highest BCUT2D eigenvalue weighted by Gasteiger charge is 2.45. The summed E-state index contributed by atoms with van der Waals surface area (Å²) in [4.78, 5) is 90.7. The minimum Gasteiger partial charge on any atom is -0.490 e. The van der Waals surface area contributed by atoms with Gasteiger partial charge in [-0.25, -0.2) is 4.85 Å². The van der Waals surface area contributed by atoms with E-state index in [2.05, 4.69) is 20.0 Å². The van der Waals surface area contributed by atoms with Gasteiger partial charge in [0.15, 0.2) is 0 Å². The molecule has 4 fully saturated rings. The Hall–Kier alpha value is -5.78. The molecule has 0 spiro atoms. The number of carbonyl (C=O) groups excluding carboxylic acids is 6. The van der Waals surface area contributed by atoms with E-state index in [9.17, 15) is 28.8 Å². The van der Waals surface area contributed by atoms with Gasteiger partial charge in [0.1, 0.15) is 11.8 Å². The van der Waals surface area contributed by atoms with Crippen molar-refractivity contribution in [3.63, 3.8) is 0 Å². The number of fused-ring (bicyclic) bond motifs is 2. The Balaban J connectivity index is 0.725. The van der Waals surface area contributed by atoms with E-state index in [0.717, 1.165) is 87.4 Å². The molecular weight excluding hydrogens is 786 g/mol. The maximum Gasteiger partial charge on any atom is 0.262 e. The van der Waals surface area contributed by atoms with Crippen LogP contribution in [0.2, 0.25) is 5.02 Å². The van der Waals surface area contributed by atoms with Gasteiger partial charge in [0, 0.05) is 81.6 Å². The molecule has 1 saturated carbocycles. The number of anilines is 1. The van der Waals surface area contributed by atoms with E-state index in [1.165, 1.54) is 0 Å². The number of piperazine rings is 1. The van der Waals surface area contributed by atoms with E-state index in [1.807, 2.05) is 28.0 Å². The van der Waals surface area contributed by atoms with Crippen LogP contribution in [0.3, 0.4) is 0 Å². The number of benzene rings is 3. The number of hydrogen-bond acceptors (Lipinski definition) is 9. The summed E-state index contributed by atoms with van der Waals surface area (Å²) >= 11 is 6.20. The van der Waals surface area contributed by atoms with Gasteiger partial charge in [-0.1, -0.05) is 17.7 Å². The molecule has 5 heterocycles. The molecule has 3 aromatic carbocycles. The highest BCUT2D eigenvalue weighted by atomic mass is 35.5. The standard InChI is InChI=1S/C45H46ClN7O7/c1-47-38-11-8-33(24-37(38)46)60-32-6-3-30(4-7-32)52-26-29-22-28(2-9-34(29)43(52)57)42(56)51-20-18-49(19-21-51)25-27-14-16-50(17-15-27)31-5-10-35-36(23-31)45(59)53(44(35)58)39-12-13-40(54)48-41(39)55/h2,5,8-11,22-24,27,30,32,39H,3-4,6-7,12-21,25-26H2,(H,48,54,55). The Morgan fingerprint density at radius 1 is 0.783 bits per heavy atom. The Bertz CT molecular complexity index is 2320. The summed E-state index contributed by atoms with van der Waals surface area (Å²) < 4.78 is 6.17. The largest absolute Gasteiger partial charge is 0.490 e. The fourth-order valence-corrected chi connectivity index (χ4v) is 10.0. The van der Waals surface area contributed by atoms with E-state index in [1.54, 1.807) is 36.4 Å². The lowest BCUT2D eigenvalue weighted by molar-refractivity contribution is -0.136. The third-order valence-corrected chi connectivity index (χ3v) is 13.5. The van der Waals surface area contributed by atoms with Crippen LogP contribution >= 0.6 is 11.6 Å². The van der Waals surface area contributed by atoms with Gasteiger partial charge in [-0.2, -0.15) is 0 Å². The summed E-state index contributed by atoms with van der Waals surface area (Å²) in [6, 6.07) is 15.1. The van der Waals surface area contributed by atoms with E-state index in [-0.39, 0.29) is 42.4 Å². The normalized spacial score (nSPS) is 23.7. The number of amides is 6. The van der Waals surface area contributed by atoms with Crippen LogP contribution in [0.1, 0.15) is 98.4 Å². The first-order valence-electron chi connectivity index (χ1n) is 20.9. The molecule has 6 amide bonds. The molecule has 15 heteroatoms. The maximum absolute atomic E-state index is 13.7. The SMILES string of the molecule is [C-]#[N+]c1ccc(OC2CCC(N3Cc4cc(C(=O)N5CCN(CC6CCN(c7ccc8c(c7)C(=O)N(C7CCC(=O)NC7=O)C8=O)CC6)CC5)ccc4C3=O)CC2)cc1Cl. The molecule has 9 rings (SSSR count). The number of piperidine rings is 2. The Morgan fingerprint density at radius 3 is 2.23 bits per heavy atom. The Kier molecular flexibility index (Phi) is 10.8. The molecule has 5 aliphatic heterocycles. The summed E-state index contributed by atoms with van der Waals surface area (Å²) in [6.45, 7) is 13.1. The van der Waals surface area contributed by atoms with Gasteiger partial charge in [0.25, 0.3) is 23.6 Å². The summed E-state index contributed by atoms with van der Waals surface area (Å²) in [5.41, 5.74) is 4.03. The lowest BCUT2D eigenvalue weighted by Gasteiger charge is -2.39. The van der Waals surface area contributed by atoms with Crippen molar-refractivity contribution < 1.29 is 33.5 Å². The van der Waals surface area contributed by atoms with Crippen molar-refractivity contribution >= 4 is 58.4 Å². The Morgan fingerprint density at radius 2 is 1.52 bits per heavy atom. The molecule has 6 aliphatic rings. The van der Waals surface area contributed by atoms with Gasteiger partial charge in [0.05, 0.1) is 28.8 Å². The van der Waals surface area contributed by atoms with Crippen molar-refractivity contribution in [2.75, 3.05) is 50.7 Å². The first-order chi connectivity index (χ1) is 29.0. The van der Waals surface area contributed by atoms with Gasteiger partial charge in [0.2, 0.25) is 17.5 Å². The number of rotatable bonds is 8. The van der Waals surface area contributed by atoms with Crippen LogP contribution in [0, 0.1) is 12.5 Å². The third-order valence-electron chi connectivity index (χ3n) is 13.2. The second-order valence-corrected chi connectivity index (χ2v) is 17.2. The van der Waals surface area contributed by atoms with Crippen LogP contribution in [-0.4, -0.2) is 119 Å². The fourth-order valence-electron chi connectivity index (χ4n) is 9.80. The first-order valence-corrected chi connectivity index (χ1v) is 21.3. The molecule has 0 aromatic heterocycles. The number of nitrogens with zero attached hydrogens (tertiary/aromatic N) is 6. The van der Waals surface area contributed by atoms with E-state index < -0.39 is 29.7 Å². The quantitative estimate of drug-likeness (QED) is 0.236. The Labute approximate surface area is 353 Å². The monoisotopic (exact) mass is 831 g/mol. The molecule has 0 bridgehead atoms. The summed E-state index contributed by atoms with van der Waals surface area (Å²) in [5.74, 6) is -0.861. The molecule has 1 aliphatic carbocycles. The van der Waals surface area contributed by atoms with Crippen LogP contribution in [0.15, 0.2) is 54.6 Å². The predicted octanol–water partition coefficient (Wildman–Crippen LogP) is 5.31. The van der Waals surface area contributed by atoms with Crippen molar-refractivity contribution in [1.29, 1.82) is 0 Å². The maximum atomic E-state index is 13.7. The third kappa shape index (κ3) is 7.60. The van der Waals surface area contributed by atoms with Gasteiger partial charge in [-0.15, -0.1) is 0 Å². The van der Waals surface area contributed by atoms with Crippen molar-refractivity contribution in [3.05, 3.63) is 98.9 Å². The van der Waals surface area contributed by atoms with Crippen LogP contribution < -0.4 is 15.0 Å². The van der Waals surface area contributed by atoms with E-state index >= 15 is 0 Å². The first kappa shape index (κ1) is 39.7. The minimum absolute atomic E-state index is 0.00592. The zero-order chi connectivity index (χ0) is 41.7. The van der Waals surface area contributed by atoms with Crippen LogP contribution in [0.25, 0.3) is 4.85 Å². The number of ether oxygens (including phenoxy) is 1. The number of nitrogens with one attached hydrogen (secondary N) is 1. The molecule has 3 saturated heterocycles. The number of hydrogen-bond donors (Lipinski definition) is 1. The summed E-state index contributed by atoms with van der Waals surface area (Å²) in [5, 5.41) is 2.62. The van der Waals surface area contributed by atoms with E-state index in [4.69, 9.17) is 22.9 Å². The molecular formula is C45H46ClN7O7. The highest BCUT2D eigenvalue weighted by Crippen LogP contribution is 2.36. The second kappa shape index (κ2) is 16.3. The molecule has 1 atom stereocenters. The van der Waals surface area contributed by atoms with Gasteiger partial charge in [-0.3, -0.25) is 43.9 Å². The molecule has 1 unspecified atom stereocenters. The highest BCUT2D eigenvalue weighted by molar-refractivity contribution is 6.33. The molecule has 310 valence electrons. The van der Waals surface area contributed by atoms with Crippen molar-refractivity contribution in [2.45, 2.75) is 76.1 Å². The average Bonchev–Trinajstić information content (AvgIpc) is 3.72. The number of imide groups is 2. The van der Waals surface area contributed by atoms with Gasteiger partial charge in [-0.05, 0) is 105 Å². The number of carbonyl (C=O) groups is 6. The van der Waals surface area contributed by atoms with Crippen molar-refractivity contribution in [2.24, 2.45) is 5.92 Å². The van der Waals surface area contributed by atoms with Gasteiger partial charge >= 0.3 is 0 Å². The molecule has 0 radical (unpaired) electrons. The zero-order valence-electron chi connectivity index (χ0n) is 33.2. The van der Waals surface area contributed by atoms with E-state index in [0.29, 0.717) is 58.7 Å². The number of halogens is 1. The van der Waals surface area contributed by atoms with Gasteiger partial charge < -0.3 is 19.4 Å². The zero-order valence-corrected chi connectivity index (χ0v) is 34.0. The lowest BCUT2D eigenvalue weighted by Crippen LogP contribution is -2.54. The molecule has 60 heavy (non-hydrogen) atoms. The fraction of sp³-hybridized carbons (Fsp3) is 0.444. The summed E-state index contributed by atoms with van der Waals surface area (Å²) in [6.07, 6.45) is 5.42. The minimum atomic E-state index is -0.985. The van der Waals surface area contributed by atoms with Crippen molar-refractivity contribution in [1.82, 2.24) is 24.9 Å². The second-order valence-electron chi connectivity index (χ2n) is 16.8. The topological polar surface area (TPSA) is 144 Å². The van der Waals surface area contributed by atoms with Crippen LogP contribution in [-0.2, 0) is 16.1 Å². The van der Waals surface area contributed by atoms with Crippen LogP contribution in [0.5, 0.6) is 5.75 Å². The predicted molar refractivity (Wildman–Crippen MR) is 221 cm³/mol. The molecule has 14 nitrogen and oxygen atoms in total. The van der Waals surface area contributed by atoms with Crippen molar-refractivity contribution in [3.8, 4) is 5.75 Å². The summed E-state index contributed by atoms with van der Waals surface area (Å²) in [7, 11) is 0. The van der Waals surface area contributed by atoms with Crippen LogP contribution in [0.4, 0.5) is 11.4 Å². The smallest absolute Gasteiger partial charge is 0.262 e. The molecule has 3 aromatic rings.